The number of rotatable bonds is 9. The van der Waals surface area contributed by atoms with Gasteiger partial charge >= 0.3 is 5.97 Å². The second-order valence-electron chi connectivity index (χ2n) is 3.51. The number of hydrogen-bond acceptors (Lipinski definition) is 3. The molecule has 3 nitrogen and oxygen atoms in total. The normalized spacial score (nSPS) is 12.1. The van der Waals surface area contributed by atoms with Crippen molar-refractivity contribution in [1.82, 2.24) is 0 Å². The maximum atomic E-state index is 10.7. The molecule has 0 spiro atoms. The van der Waals surface area contributed by atoms with Crippen molar-refractivity contribution in [2.24, 2.45) is 0 Å². The van der Waals surface area contributed by atoms with Crippen LogP contribution in [0.3, 0.4) is 0 Å². The summed E-state index contributed by atoms with van der Waals surface area (Å²) in [5.41, 5.74) is 0. The molecule has 0 radical (unpaired) electrons. The topological polar surface area (TPSA) is 35.5 Å². The predicted octanol–water partition coefficient (Wildman–Crippen LogP) is 2.28. The number of ether oxygens (including phenoxy) is 1. The maximum Gasteiger partial charge on any atom is 0.330 e. The Labute approximate surface area is 94.2 Å². The van der Waals surface area contributed by atoms with E-state index in [1.807, 2.05) is 0 Å². The van der Waals surface area contributed by atoms with Crippen LogP contribution in [0.15, 0.2) is 12.7 Å². The van der Waals surface area contributed by atoms with Crippen LogP contribution in [-0.2, 0) is 14.0 Å². The van der Waals surface area contributed by atoms with E-state index < -0.39 is 9.04 Å². The van der Waals surface area contributed by atoms with Crippen molar-refractivity contribution >= 4 is 15.0 Å². The summed E-state index contributed by atoms with van der Waals surface area (Å²) in [5, 5.41) is 0. The van der Waals surface area contributed by atoms with E-state index in [2.05, 4.69) is 13.5 Å². The van der Waals surface area contributed by atoms with Crippen molar-refractivity contribution in [3.05, 3.63) is 12.7 Å². The van der Waals surface area contributed by atoms with Crippen LogP contribution in [0.25, 0.3) is 0 Å². The van der Waals surface area contributed by atoms with Crippen molar-refractivity contribution in [3.63, 3.8) is 0 Å². The van der Waals surface area contributed by atoms with Gasteiger partial charge in [-0.15, -0.1) is 0 Å². The summed E-state index contributed by atoms with van der Waals surface area (Å²) in [6, 6.07) is 2.31. The Morgan fingerprint density at radius 3 is 2.60 bits per heavy atom. The summed E-state index contributed by atoms with van der Waals surface area (Å²) in [7, 11) is 0.774. The molecule has 0 aliphatic rings. The average molecular weight is 230 g/mol. The van der Waals surface area contributed by atoms with Gasteiger partial charge in [0.15, 0.2) is 9.04 Å². The standard InChI is InChI=1S/C11H22O3Si/c1-4-6-9-15(13-3)10-7-8-14-11(12)5-2/h5,15H,2,4,6-10H2,1,3H3. The van der Waals surface area contributed by atoms with E-state index in [0.717, 1.165) is 12.5 Å². The van der Waals surface area contributed by atoms with Crippen LogP contribution in [-0.4, -0.2) is 28.7 Å². The Balaban J connectivity index is 3.45. The highest BCUT2D eigenvalue weighted by atomic mass is 28.3. The van der Waals surface area contributed by atoms with Crippen LogP contribution in [0, 0.1) is 0 Å². The Kier molecular flexibility index (Phi) is 9.52. The summed E-state index contributed by atoms with van der Waals surface area (Å²) in [5.74, 6) is -0.334. The third-order valence-electron chi connectivity index (χ3n) is 2.29. The van der Waals surface area contributed by atoms with E-state index in [-0.39, 0.29) is 5.97 Å². The monoisotopic (exact) mass is 230 g/mol. The first kappa shape index (κ1) is 14.4. The molecular weight excluding hydrogens is 208 g/mol. The molecule has 0 amide bonds. The van der Waals surface area contributed by atoms with Crippen LogP contribution in [0.2, 0.25) is 12.1 Å². The molecule has 0 aliphatic heterocycles. The highest BCUT2D eigenvalue weighted by molar-refractivity contribution is 6.51. The molecule has 0 aromatic heterocycles. The van der Waals surface area contributed by atoms with Gasteiger partial charge in [0.05, 0.1) is 6.61 Å². The van der Waals surface area contributed by atoms with E-state index in [9.17, 15) is 4.79 Å². The second kappa shape index (κ2) is 9.92. The van der Waals surface area contributed by atoms with Gasteiger partial charge in [-0.3, -0.25) is 0 Å². The SMILES string of the molecule is C=CC(=O)OCCC[SiH](CCCC)OC. The summed E-state index contributed by atoms with van der Waals surface area (Å²) in [6.07, 6.45) is 4.58. The lowest BCUT2D eigenvalue weighted by atomic mass is 10.4. The van der Waals surface area contributed by atoms with Crippen LogP contribution < -0.4 is 0 Å². The number of esters is 1. The molecule has 0 saturated carbocycles. The van der Waals surface area contributed by atoms with Gasteiger partial charge in [-0.25, -0.2) is 4.79 Å². The first-order chi connectivity index (χ1) is 7.24. The van der Waals surface area contributed by atoms with Gasteiger partial charge in [0.1, 0.15) is 0 Å². The number of carbonyl (C=O) groups is 1. The molecule has 0 heterocycles. The van der Waals surface area contributed by atoms with Gasteiger partial charge in [-0.05, 0) is 18.5 Å². The molecular formula is C11H22O3Si. The minimum absolute atomic E-state index is 0.334. The molecule has 0 fully saturated rings. The molecule has 0 aromatic carbocycles. The van der Waals surface area contributed by atoms with Gasteiger partial charge in [0.2, 0.25) is 0 Å². The van der Waals surface area contributed by atoms with E-state index >= 15 is 0 Å². The van der Waals surface area contributed by atoms with Crippen molar-refractivity contribution < 1.29 is 14.0 Å². The van der Waals surface area contributed by atoms with Gasteiger partial charge in [0, 0.05) is 13.2 Å². The fourth-order valence-electron chi connectivity index (χ4n) is 1.35. The third-order valence-corrected chi connectivity index (χ3v) is 5.07. The predicted molar refractivity (Wildman–Crippen MR) is 64.5 cm³/mol. The molecule has 1 unspecified atom stereocenters. The van der Waals surface area contributed by atoms with Gasteiger partial charge < -0.3 is 9.16 Å². The number of carbonyl (C=O) groups excluding carboxylic acids is 1. The van der Waals surface area contributed by atoms with E-state index in [0.29, 0.717) is 6.61 Å². The highest BCUT2D eigenvalue weighted by Gasteiger charge is 2.09. The minimum Gasteiger partial charge on any atom is -0.463 e. The Morgan fingerprint density at radius 1 is 1.40 bits per heavy atom. The Hall–Kier alpha value is -0.613. The van der Waals surface area contributed by atoms with Gasteiger partial charge in [-0.2, -0.15) is 0 Å². The van der Waals surface area contributed by atoms with Crippen molar-refractivity contribution in [2.45, 2.75) is 38.3 Å². The molecule has 0 rings (SSSR count). The Morgan fingerprint density at radius 2 is 2.07 bits per heavy atom. The summed E-state index contributed by atoms with van der Waals surface area (Å²) < 4.78 is 10.4. The molecule has 0 aliphatic carbocycles. The number of unbranched alkanes of at least 4 members (excludes halogenated alkanes) is 1. The first-order valence-electron chi connectivity index (χ1n) is 5.56. The molecule has 88 valence electrons. The molecule has 0 N–H and O–H groups in total. The first-order valence-corrected chi connectivity index (χ1v) is 7.67. The maximum absolute atomic E-state index is 10.7. The Bertz CT molecular complexity index is 183. The zero-order chi connectivity index (χ0) is 11.5. The van der Waals surface area contributed by atoms with Gasteiger partial charge in [-0.1, -0.05) is 26.3 Å². The van der Waals surface area contributed by atoms with Crippen LogP contribution in [0.1, 0.15) is 26.2 Å². The zero-order valence-electron chi connectivity index (χ0n) is 9.83. The summed E-state index contributed by atoms with van der Waals surface area (Å²) in [4.78, 5) is 10.7. The lowest BCUT2D eigenvalue weighted by Crippen LogP contribution is -2.16. The van der Waals surface area contributed by atoms with Crippen LogP contribution in [0.4, 0.5) is 0 Å². The second-order valence-corrected chi connectivity index (χ2v) is 6.38. The smallest absolute Gasteiger partial charge is 0.330 e. The average Bonchev–Trinajstić information content (AvgIpc) is 2.27. The van der Waals surface area contributed by atoms with Crippen LogP contribution in [0.5, 0.6) is 0 Å². The third kappa shape index (κ3) is 8.39. The van der Waals surface area contributed by atoms with Gasteiger partial charge in [0.25, 0.3) is 0 Å². The van der Waals surface area contributed by atoms with Crippen molar-refractivity contribution in [2.75, 3.05) is 13.7 Å². The van der Waals surface area contributed by atoms with Crippen LogP contribution >= 0.6 is 0 Å². The highest BCUT2D eigenvalue weighted by Crippen LogP contribution is 2.08. The molecule has 4 heteroatoms. The minimum atomic E-state index is -1.02. The fraction of sp³-hybridized carbons (Fsp3) is 0.727. The van der Waals surface area contributed by atoms with Crippen molar-refractivity contribution in [3.8, 4) is 0 Å². The fourth-order valence-corrected chi connectivity index (χ4v) is 3.60. The van der Waals surface area contributed by atoms with E-state index in [4.69, 9.17) is 9.16 Å². The van der Waals surface area contributed by atoms with Crippen molar-refractivity contribution in [1.29, 1.82) is 0 Å². The number of hydrogen-bond donors (Lipinski definition) is 0. The lowest BCUT2D eigenvalue weighted by Gasteiger charge is -2.12. The largest absolute Gasteiger partial charge is 0.463 e. The molecule has 1 atom stereocenters. The molecule has 15 heavy (non-hydrogen) atoms. The summed E-state index contributed by atoms with van der Waals surface area (Å²) in [6.45, 7) is 6.02. The molecule has 0 aromatic rings. The van der Waals surface area contributed by atoms with E-state index in [1.54, 1.807) is 7.11 Å². The molecule has 0 bridgehead atoms. The zero-order valence-corrected chi connectivity index (χ0v) is 11.0. The summed E-state index contributed by atoms with van der Waals surface area (Å²) >= 11 is 0. The lowest BCUT2D eigenvalue weighted by molar-refractivity contribution is -0.137. The molecule has 0 saturated heterocycles. The quantitative estimate of drug-likeness (QED) is 0.264. The van der Waals surface area contributed by atoms with E-state index in [1.165, 1.54) is 25.0 Å².